The number of thiazole rings is 1. The largest absolute Gasteiger partial charge is 0.325 e. The van der Waals surface area contributed by atoms with Crippen LogP contribution in [0.1, 0.15) is 36.5 Å². The zero-order valence-corrected chi connectivity index (χ0v) is 19.4. The molecule has 1 aromatic heterocycles. The van der Waals surface area contributed by atoms with Crippen LogP contribution < -0.4 is 10.6 Å². The van der Waals surface area contributed by atoms with Gasteiger partial charge in [-0.25, -0.2) is 14.2 Å². The minimum atomic E-state index is -1.37. The molecule has 1 aliphatic heterocycles. The Balaban J connectivity index is 1.26. The van der Waals surface area contributed by atoms with Gasteiger partial charge in [0.2, 0.25) is 5.91 Å². The second kappa shape index (κ2) is 8.64. The Kier molecular flexibility index (Phi) is 5.65. The number of nitrogens with zero attached hydrogens (tertiary/aromatic N) is 2. The van der Waals surface area contributed by atoms with Crippen molar-refractivity contribution in [3.05, 3.63) is 70.4 Å². The molecule has 0 bridgehead atoms. The summed E-state index contributed by atoms with van der Waals surface area (Å²) in [6.07, 6.45) is 4.59. The molecule has 9 heteroatoms. The Labute approximate surface area is 200 Å². The molecule has 0 spiro atoms. The monoisotopic (exact) mass is 478 g/mol. The molecule has 34 heavy (non-hydrogen) atoms. The molecule has 0 radical (unpaired) electrons. The molecule has 174 valence electrons. The third-order valence-electron chi connectivity index (χ3n) is 6.39. The molecule has 1 fully saturated rings. The van der Waals surface area contributed by atoms with Crippen LogP contribution in [0.25, 0.3) is 11.3 Å². The predicted molar refractivity (Wildman–Crippen MR) is 127 cm³/mol. The van der Waals surface area contributed by atoms with E-state index in [0.717, 1.165) is 29.0 Å². The van der Waals surface area contributed by atoms with E-state index in [1.165, 1.54) is 66.5 Å². The van der Waals surface area contributed by atoms with Crippen molar-refractivity contribution in [1.82, 2.24) is 15.2 Å². The highest BCUT2D eigenvalue weighted by Crippen LogP contribution is 2.31. The first kappa shape index (κ1) is 22.2. The Morgan fingerprint density at radius 2 is 1.88 bits per heavy atom. The Morgan fingerprint density at radius 3 is 2.65 bits per heavy atom. The van der Waals surface area contributed by atoms with E-state index in [4.69, 9.17) is 0 Å². The smallest absolute Gasteiger partial charge is 0.319 e. The summed E-state index contributed by atoms with van der Waals surface area (Å²) in [7, 11) is 0. The van der Waals surface area contributed by atoms with Crippen molar-refractivity contribution in [2.45, 2.75) is 38.1 Å². The van der Waals surface area contributed by atoms with Gasteiger partial charge in [-0.1, -0.05) is 24.3 Å². The highest BCUT2D eigenvalue weighted by atomic mass is 32.1. The van der Waals surface area contributed by atoms with Crippen molar-refractivity contribution in [2.75, 3.05) is 11.9 Å². The van der Waals surface area contributed by atoms with Crippen LogP contribution in [0, 0.1) is 5.82 Å². The quantitative estimate of drug-likeness (QED) is 0.537. The third-order valence-corrected chi connectivity index (χ3v) is 7.15. The second-order valence-electron chi connectivity index (χ2n) is 8.73. The standard InChI is InChI=1S/C25H23FN4O3S/c1-25(18-8-10-19(26)11-9-18)22(32)30(24(33)29-25)13-21(31)28-23-27-20(14-34-23)17-7-6-15-4-2-3-5-16(15)12-17/h6-12,14H,2-5,13H2,1H3,(H,29,33)(H,27,28,31). The molecule has 2 N–H and O–H groups in total. The van der Waals surface area contributed by atoms with Gasteiger partial charge in [-0.15, -0.1) is 11.3 Å². The fourth-order valence-corrected chi connectivity index (χ4v) is 5.21. The van der Waals surface area contributed by atoms with Gasteiger partial charge in [0.25, 0.3) is 5.91 Å². The van der Waals surface area contributed by atoms with Crippen molar-refractivity contribution < 1.29 is 18.8 Å². The molecule has 0 saturated carbocycles. The molecule has 1 atom stereocenters. The van der Waals surface area contributed by atoms with E-state index in [1.54, 1.807) is 0 Å². The Bertz CT molecular complexity index is 1290. The molecule has 1 aliphatic carbocycles. The van der Waals surface area contributed by atoms with Crippen LogP contribution in [0.5, 0.6) is 0 Å². The lowest BCUT2D eigenvalue weighted by atomic mass is 9.90. The number of nitrogens with one attached hydrogen (secondary N) is 2. The first-order valence-corrected chi connectivity index (χ1v) is 12.0. The number of halogens is 1. The van der Waals surface area contributed by atoms with Crippen molar-refractivity contribution in [3.8, 4) is 11.3 Å². The van der Waals surface area contributed by atoms with E-state index in [0.29, 0.717) is 10.7 Å². The molecule has 1 unspecified atom stereocenters. The van der Waals surface area contributed by atoms with Crippen LogP contribution in [-0.2, 0) is 28.0 Å². The average Bonchev–Trinajstić information content (AvgIpc) is 3.38. The van der Waals surface area contributed by atoms with Crippen LogP contribution in [0.2, 0.25) is 0 Å². The normalized spacial score (nSPS) is 19.6. The first-order chi connectivity index (χ1) is 16.3. The predicted octanol–water partition coefficient (Wildman–Crippen LogP) is 4.23. The fraction of sp³-hybridized carbons (Fsp3) is 0.280. The summed E-state index contributed by atoms with van der Waals surface area (Å²) in [5.41, 5.74) is 3.58. The number of aryl methyl sites for hydroxylation is 2. The molecule has 1 saturated heterocycles. The zero-order valence-electron chi connectivity index (χ0n) is 18.6. The van der Waals surface area contributed by atoms with Gasteiger partial charge in [0.15, 0.2) is 5.13 Å². The summed E-state index contributed by atoms with van der Waals surface area (Å²) in [5.74, 6) is -1.55. The van der Waals surface area contributed by atoms with Gasteiger partial charge in [-0.2, -0.15) is 0 Å². The number of amides is 4. The number of urea groups is 1. The number of carbonyl (C=O) groups is 3. The van der Waals surface area contributed by atoms with Crippen LogP contribution in [-0.4, -0.2) is 34.3 Å². The lowest BCUT2D eigenvalue weighted by Crippen LogP contribution is -2.42. The number of hydrogen-bond donors (Lipinski definition) is 2. The van der Waals surface area contributed by atoms with Crippen LogP contribution in [0.15, 0.2) is 47.8 Å². The van der Waals surface area contributed by atoms with Crippen molar-refractivity contribution >= 4 is 34.3 Å². The molecule has 2 aromatic carbocycles. The van der Waals surface area contributed by atoms with Gasteiger partial charge in [-0.05, 0) is 67.5 Å². The lowest BCUT2D eigenvalue weighted by Gasteiger charge is -2.22. The molecule has 4 amide bonds. The van der Waals surface area contributed by atoms with Gasteiger partial charge in [0.05, 0.1) is 5.69 Å². The van der Waals surface area contributed by atoms with Crippen LogP contribution in [0.3, 0.4) is 0 Å². The highest BCUT2D eigenvalue weighted by molar-refractivity contribution is 7.14. The van der Waals surface area contributed by atoms with Gasteiger partial charge >= 0.3 is 6.03 Å². The fourth-order valence-electron chi connectivity index (χ4n) is 4.48. The number of fused-ring (bicyclic) bond motifs is 1. The average molecular weight is 479 g/mol. The topological polar surface area (TPSA) is 91.4 Å². The lowest BCUT2D eigenvalue weighted by molar-refractivity contribution is -0.133. The van der Waals surface area contributed by atoms with E-state index < -0.39 is 35.7 Å². The number of benzene rings is 2. The maximum absolute atomic E-state index is 13.3. The molecular weight excluding hydrogens is 455 g/mol. The molecule has 7 nitrogen and oxygen atoms in total. The van der Waals surface area contributed by atoms with Gasteiger partial charge < -0.3 is 10.6 Å². The van der Waals surface area contributed by atoms with Crippen molar-refractivity contribution in [2.24, 2.45) is 0 Å². The van der Waals surface area contributed by atoms with Gasteiger partial charge in [0.1, 0.15) is 17.9 Å². The summed E-state index contributed by atoms with van der Waals surface area (Å²) >= 11 is 1.29. The van der Waals surface area contributed by atoms with Crippen molar-refractivity contribution in [1.29, 1.82) is 0 Å². The molecule has 3 aromatic rings. The summed E-state index contributed by atoms with van der Waals surface area (Å²) in [6.45, 7) is 1.08. The van der Waals surface area contributed by atoms with E-state index in [9.17, 15) is 18.8 Å². The van der Waals surface area contributed by atoms with Crippen molar-refractivity contribution in [3.63, 3.8) is 0 Å². The van der Waals surface area contributed by atoms with E-state index in [2.05, 4.69) is 27.8 Å². The minimum Gasteiger partial charge on any atom is -0.319 e. The molecule has 2 aliphatic rings. The van der Waals surface area contributed by atoms with E-state index in [-0.39, 0.29) is 0 Å². The SMILES string of the molecule is CC1(c2ccc(F)cc2)NC(=O)N(CC(=O)Nc2nc(-c3ccc4c(c3)CCCC4)cs2)C1=O. The molecule has 5 rings (SSSR count). The molecule has 2 heterocycles. The molecular formula is C25H23FN4O3S. The van der Waals surface area contributed by atoms with E-state index >= 15 is 0 Å². The van der Waals surface area contributed by atoms with E-state index in [1.807, 2.05) is 11.4 Å². The third kappa shape index (κ3) is 4.07. The first-order valence-electron chi connectivity index (χ1n) is 11.1. The zero-order chi connectivity index (χ0) is 23.9. The highest BCUT2D eigenvalue weighted by Gasteiger charge is 2.49. The minimum absolute atomic E-state index is 0.395. The maximum atomic E-state index is 13.3. The second-order valence-corrected chi connectivity index (χ2v) is 9.59. The number of imide groups is 1. The summed E-state index contributed by atoms with van der Waals surface area (Å²) < 4.78 is 13.3. The van der Waals surface area contributed by atoms with Gasteiger partial charge in [0, 0.05) is 10.9 Å². The van der Waals surface area contributed by atoms with Gasteiger partial charge in [-0.3, -0.25) is 14.5 Å². The van der Waals surface area contributed by atoms with Crippen LogP contribution >= 0.6 is 11.3 Å². The summed E-state index contributed by atoms with van der Waals surface area (Å²) in [5, 5.41) is 7.56. The summed E-state index contributed by atoms with van der Waals surface area (Å²) in [4.78, 5) is 43.4. The Morgan fingerprint density at radius 1 is 1.15 bits per heavy atom. The van der Waals surface area contributed by atoms with Crippen LogP contribution in [0.4, 0.5) is 14.3 Å². The number of aromatic nitrogens is 1. The number of carbonyl (C=O) groups excluding carboxylic acids is 3. The maximum Gasteiger partial charge on any atom is 0.325 e. The number of anilines is 1. The number of rotatable bonds is 5. The Hall–Kier alpha value is -3.59. The summed E-state index contributed by atoms with van der Waals surface area (Å²) in [6, 6.07) is 11.0. The number of hydrogen-bond acceptors (Lipinski definition) is 5.